The maximum Gasteiger partial charge on any atom is 0.355 e. The summed E-state index contributed by atoms with van der Waals surface area (Å²) in [6, 6.07) is -1.11. The van der Waals surface area contributed by atoms with Crippen molar-refractivity contribution in [3.8, 4) is 0 Å². The van der Waals surface area contributed by atoms with Gasteiger partial charge in [-0.25, -0.2) is 9.59 Å². The molecule has 2 N–H and O–H groups in total. The molecule has 1 atom stereocenters. The van der Waals surface area contributed by atoms with Gasteiger partial charge in [0.1, 0.15) is 5.69 Å². The van der Waals surface area contributed by atoms with Gasteiger partial charge in [-0.05, 0) is 47.1 Å². The Morgan fingerprint density at radius 2 is 1.81 bits per heavy atom. The summed E-state index contributed by atoms with van der Waals surface area (Å²) in [7, 11) is 1.54. The zero-order chi connectivity index (χ0) is 20.7. The van der Waals surface area contributed by atoms with E-state index in [2.05, 4.69) is 10.3 Å². The van der Waals surface area contributed by atoms with E-state index in [0.717, 1.165) is 0 Å². The van der Waals surface area contributed by atoms with E-state index in [1.54, 1.807) is 27.7 Å². The van der Waals surface area contributed by atoms with E-state index in [-0.39, 0.29) is 36.7 Å². The second-order valence-corrected chi connectivity index (χ2v) is 6.68. The van der Waals surface area contributed by atoms with Crippen LogP contribution in [0.4, 0.5) is 4.79 Å². The average Bonchev–Trinajstić information content (AvgIpc) is 2.88. The molecule has 8 heteroatoms. The summed E-state index contributed by atoms with van der Waals surface area (Å²) in [5.41, 5.74) is 1.77. The first-order valence-electron chi connectivity index (χ1n) is 9.12. The van der Waals surface area contributed by atoms with Gasteiger partial charge >= 0.3 is 12.0 Å². The third-order valence-corrected chi connectivity index (χ3v) is 4.22. The number of ether oxygens (including phenoxy) is 2. The summed E-state index contributed by atoms with van der Waals surface area (Å²) in [5.74, 6) is -0.745. The molecule has 0 unspecified atom stereocenters. The van der Waals surface area contributed by atoms with Crippen molar-refractivity contribution in [2.45, 2.75) is 53.6 Å². The molecule has 152 valence electrons. The molecular formula is C19H31N3O5. The van der Waals surface area contributed by atoms with Gasteiger partial charge in [0.25, 0.3) is 0 Å². The van der Waals surface area contributed by atoms with Crippen LogP contribution in [-0.4, -0.2) is 66.6 Å². The van der Waals surface area contributed by atoms with E-state index in [0.29, 0.717) is 23.4 Å². The topological polar surface area (TPSA) is 101 Å². The first-order valence-corrected chi connectivity index (χ1v) is 9.12. The third-order valence-electron chi connectivity index (χ3n) is 4.22. The van der Waals surface area contributed by atoms with E-state index in [1.165, 1.54) is 12.0 Å². The number of aromatic amines is 1. The quantitative estimate of drug-likeness (QED) is 0.505. The number of urea groups is 1. The number of nitrogens with one attached hydrogen (secondary N) is 2. The van der Waals surface area contributed by atoms with Gasteiger partial charge in [0.2, 0.25) is 0 Å². The number of amides is 2. The van der Waals surface area contributed by atoms with Crippen LogP contribution < -0.4 is 5.32 Å². The molecule has 1 rings (SSSR count). The van der Waals surface area contributed by atoms with Crippen LogP contribution in [0.1, 0.15) is 59.8 Å². The number of aromatic nitrogens is 1. The summed E-state index contributed by atoms with van der Waals surface area (Å²) in [6.45, 7) is 11.3. The molecule has 27 heavy (non-hydrogen) atoms. The van der Waals surface area contributed by atoms with Gasteiger partial charge in [0.05, 0.1) is 19.3 Å². The first kappa shape index (κ1) is 22.7. The number of nitrogens with zero attached hydrogens (tertiary/aromatic N) is 1. The molecule has 0 aromatic carbocycles. The molecular weight excluding hydrogens is 350 g/mol. The van der Waals surface area contributed by atoms with Gasteiger partial charge in [-0.2, -0.15) is 0 Å². The largest absolute Gasteiger partial charge is 0.461 e. The Labute approximate surface area is 160 Å². The Kier molecular flexibility index (Phi) is 8.49. The SMILES string of the molecule is CCOC(=O)c1[nH]c(C)c(C(=O)[C@H](C)N(CCOC)C(=O)NC(C)C)c1C. The number of hydrogen-bond donors (Lipinski definition) is 2. The van der Waals surface area contributed by atoms with Crippen molar-refractivity contribution in [2.24, 2.45) is 0 Å². The minimum atomic E-state index is -0.720. The molecule has 0 saturated heterocycles. The number of carbonyl (C=O) groups is 3. The first-order chi connectivity index (χ1) is 12.6. The van der Waals surface area contributed by atoms with Gasteiger partial charge in [0, 0.05) is 31.0 Å². The van der Waals surface area contributed by atoms with Crippen molar-refractivity contribution in [3.63, 3.8) is 0 Å². The monoisotopic (exact) mass is 381 g/mol. The molecule has 0 fully saturated rings. The summed E-state index contributed by atoms with van der Waals surface area (Å²) in [4.78, 5) is 42.1. The van der Waals surface area contributed by atoms with Crippen LogP contribution in [0.2, 0.25) is 0 Å². The van der Waals surface area contributed by atoms with Crippen LogP contribution in [-0.2, 0) is 9.47 Å². The van der Waals surface area contributed by atoms with Gasteiger partial charge in [-0.15, -0.1) is 0 Å². The zero-order valence-electron chi connectivity index (χ0n) is 17.3. The molecule has 0 radical (unpaired) electrons. The molecule has 1 aromatic heterocycles. The number of esters is 1. The maximum absolute atomic E-state index is 13.1. The number of hydrogen-bond acceptors (Lipinski definition) is 5. The summed E-state index contributed by atoms with van der Waals surface area (Å²) in [5, 5.41) is 2.81. The van der Waals surface area contributed by atoms with Crippen LogP contribution in [0, 0.1) is 13.8 Å². The fourth-order valence-electron chi connectivity index (χ4n) is 2.87. The summed E-state index contributed by atoms with van der Waals surface area (Å²) < 4.78 is 10.1. The molecule has 1 aromatic rings. The van der Waals surface area contributed by atoms with Crippen molar-refractivity contribution in [1.82, 2.24) is 15.2 Å². The second kappa shape index (κ2) is 10.1. The minimum Gasteiger partial charge on any atom is -0.461 e. The van der Waals surface area contributed by atoms with E-state index in [9.17, 15) is 14.4 Å². The highest BCUT2D eigenvalue weighted by Gasteiger charge is 2.31. The Morgan fingerprint density at radius 1 is 1.19 bits per heavy atom. The standard InChI is InChI=1S/C19H31N3O5/c1-8-27-18(24)16-12(4)15(13(5)21-16)17(23)14(6)22(9-10-26-7)19(25)20-11(2)3/h11,14,21H,8-10H2,1-7H3,(H,20,25)/t14-/m0/s1. The predicted molar refractivity (Wildman–Crippen MR) is 102 cm³/mol. The highest BCUT2D eigenvalue weighted by Crippen LogP contribution is 2.22. The lowest BCUT2D eigenvalue weighted by Gasteiger charge is -2.29. The van der Waals surface area contributed by atoms with Crippen molar-refractivity contribution in [3.05, 3.63) is 22.5 Å². The Balaban J connectivity index is 3.16. The van der Waals surface area contributed by atoms with Crippen molar-refractivity contribution >= 4 is 17.8 Å². The molecule has 0 spiro atoms. The lowest BCUT2D eigenvalue weighted by atomic mass is 10.00. The summed E-state index contributed by atoms with van der Waals surface area (Å²) >= 11 is 0. The average molecular weight is 381 g/mol. The van der Waals surface area contributed by atoms with Crippen LogP contribution in [0.3, 0.4) is 0 Å². The summed E-state index contributed by atoms with van der Waals surface area (Å²) in [6.07, 6.45) is 0. The molecule has 0 bridgehead atoms. The van der Waals surface area contributed by atoms with E-state index in [1.807, 2.05) is 13.8 Å². The van der Waals surface area contributed by atoms with Crippen LogP contribution in [0.5, 0.6) is 0 Å². The van der Waals surface area contributed by atoms with Crippen molar-refractivity contribution in [2.75, 3.05) is 26.9 Å². The number of H-pyrrole nitrogens is 1. The Bertz CT molecular complexity index is 681. The number of aryl methyl sites for hydroxylation is 1. The Morgan fingerprint density at radius 3 is 2.33 bits per heavy atom. The normalized spacial score (nSPS) is 12.0. The van der Waals surface area contributed by atoms with Gasteiger partial charge in [-0.1, -0.05) is 0 Å². The number of ketones is 1. The van der Waals surface area contributed by atoms with Crippen molar-refractivity contribution < 1.29 is 23.9 Å². The van der Waals surface area contributed by atoms with Gasteiger partial charge in [-0.3, -0.25) is 4.79 Å². The van der Waals surface area contributed by atoms with Crippen LogP contribution >= 0.6 is 0 Å². The highest BCUT2D eigenvalue weighted by atomic mass is 16.5. The lowest BCUT2D eigenvalue weighted by Crippen LogP contribution is -2.51. The second-order valence-electron chi connectivity index (χ2n) is 6.68. The fourth-order valence-corrected chi connectivity index (χ4v) is 2.87. The molecule has 0 aliphatic carbocycles. The molecule has 2 amide bonds. The number of methoxy groups -OCH3 is 1. The fraction of sp³-hybridized carbons (Fsp3) is 0.632. The number of rotatable bonds is 9. The van der Waals surface area contributed by atoms with Crippen LogP contribution in [0.15, 0.2) is 0 Å². The van der Waals surface area contributed by atoms with Gasteiger partial charge < -0.3 is 24.7 Å². The Hall–Kier alpha value is -2.35. The zero-order valence-corrected chi connectivity index (χ0v) is 17.3. The smallest absolute Gasteiger partial charge is 0.355 e. The highest BCUT2D eigenvalue weighted by molar-refractivity contribution is 6.06. The van der Waals surface area contributed by atoms with E-state index < -0.39 is 12.0 Å². The van der Waals surface area contributed by atoms with E-state index >= 15 is 0 Å². The molecule has 1 heterocycles. The minimum absolute atomic E-state index is 0.0593. The van der Waals surface area contributed by atoms with Crippen LogP contribution in [0.25, 0.3) is 0 Å². The van der Waals surface area contributed by atoms with Gasteiger partial charge in [0.15, 0.2) is 5.78 Å². The predicted octanol–water partition coefficient (Wildman–Crippen LogP) is 2.45. The lowest BCUT2D eigenvalue weighted by molar-refractivity contribution is 0.0519. The maximum atomic E-state index is 13.1. The molecule has 0 aliphatic heterocycles. The van der Waals surface area contributed by atoms with Crippen molar-refractivity contribution in [1.29, 1.82) is 0 Å². The number of carbonyl (C=O) groups excluding carboxylic acids is 3. The molecule has 0 saturated carbocycles. The third kappa shape index (κ3) is 5.56. The van der Waals surface area contributed by atoms with E-state index in [4.69, 9.17) is 9.47 Å². The molecule has 8 nitrogen and oxygen atoms in total. The number of Topliss-reactive ketones (excluding diaryl/α,β-unsaturated/α-hetero) is 1. The molecule has 0 aliphatic rings.